The number of hydrogen-bond acceptors (Lipinski definition) is 1. The van der Waals surface area contributed by atoms with Crippen LogP contribution in [0.1, 0.15) is 29.7 Å². The van der Waals surface area contributed by atoms with Crippen molar-refractivity contribution in [2.45, 2.75) is 25.8 Å². The van der Waals surface area contributed by atoms with E-state index in [0.29, 0.717) is 6.04 Å². The summed E-state index contributed by atoms with van der Waals surface area (Å²) in [5.74, 6) is 0. The summed E-state index contributed by atoms with van der Waals surface area (Å²) in [7, 11) is 0. The molecule has 19 heavy (non-hydrogen) atoms. The molecule has 4 rings (SSSR count). The number of rotatable bonds is 1. The molecule has 0 bridgehead atoms. The fourth-order valence-corrected chi connectivity index (χ4v) is 3.84. The first-order valence-corrected chi connectivity index (χ1v) is 7.32. The normalized spacial score (nSPS) is 20.8. The molecular weight excluding hydrogens is 230 g/mol. The molecule has 2 aromatic rings. The molecule has 2 aromatic carbocycles. The maximum atomic E-state index is 2.64. The molecule has 0 spiro atoms. The van der Waals surface area contributed by atoms with E-state index in [9.17, 15) is 0 Å². The van der Waals surface area contributed by atoms with Gasteiger partial charge in [0.25, 0.3) is 0 Å². The summed E-state index contributed by atoms with van der Waals surface area (Å²) in [5, 5.41) is 0. The Bertz CT molecular complexity index is 629. The second kappa shape index (κ2) is 4.21. The monoisotopic (exact) mass is 249 g/mol. The topological polar surface area (TPSA) is 3.24 Å². The van der Waals surface area contributed by atoms with Gasteiger partial charge in [0, 0.05) is 12.6 Å². The van der Waals surface area contributed by atoms with Crippen molar-refractivity contribution in [3.63, 3.8) is 0 Å². The van der Waals surface area contributed by atoms with Crippen molar-refractivity contribution in [1.82, 2.24) is 4.90 Å². The quantitative estimate of drug-likeness (QED) is 0.742. The zero-order valence-corrected chi connectivity index (χ0v) is 11.4. The van der Waals surface area contributed by atoms with E-state index in [1.807, 2.05) is 0 Å². The summed E-state index contributed by atoms with van der Waals surface area (Å²) in [6.45, 7) is 4.65. The molecule has 96 valence electrons. The first-order valence-electron chi connectivity index (χ1n) is 7.32. The molecule has 1 nitrogen and oxygen atoms in total. The smallest absolute Gasteiger partial charge is 0.0397 e. The van der Waals surface area contributed by atoms with Gasteiger partial charge >= 0.3 is 0 Å². The average molecular weight is 249 g/mol. The van der Waals surface area contributed by atoms with Crippen molar-refractivity contribution in [3.05, 3.63) is 59.2 Å². The number of benzene rings is 2. The second-order valence-corrected chi connectivity index (χ2v) is 5.63. The molecule has 0 amide bonds. The van der Waals surface area contributed by atoms with E-state index in [-0.39, 0.29) is 0 Å². The van der Waals surface area contributed by atoms with E-state index in [0.717, 1.165) is 6.54 Å². The van der Waals surface area contributed by atoms with Crippen molar-refractivity contribution < 1.29 is 0 Å². The third-order valence-electron chi connectivity index (χ3n) is 4.77. The minimum absolute atomic E-state index is 0.597. The second-order valence-electron chi connectivity index (χ2n) is 5.63. The van der Waals surface area contributed by atoms with Crippen LogP contribution in [0, 0.1) is 0 Å². The molecule has 0 saturated heterocycles. The predicted molar refractivity (Wildman–Crippen MR) is 79.3 cm³/mol. The van der Waals surface area contributed by atoms with Gasteiger partial charge in [-0.25, -0.2) is 0 Å². The summed E-state index contributed by atoms with van der Waals surface area (Å²) in [6, 6.07) is 16.4. The lowest BCUT2D eigenvalue weighted by Crippen LogP contribution is -2.38. The van der Waals surface area contributed by atoms with Gasteiger partial charge in [0.05, 0.1) is 0 Å². The van der Waals surface area contributed by atoms with Gasteiger partial charge in [-0.2, -0.15) is 0 Å². The lowest BCUT2D eigenvalue weighted by atomic mass is 9.77. The highest BCUT2D eigenvalue weighted by molar-refractivity contribution is 5.75. The van der Waals surface area contributed by atoms with Gasteiger partial charge in [0.1, 0.15) is 0 Å². The fraction of sp³-hybridized carbons (Fsp3) is 0.333. The third-order valence-corrected chi connectivity index (χ3v) is 4.77. The minimum atomic E-state index is 0.597. The Labute approximate surface area is 114 Å². The highest BCUT2D eigenvalue weighted by Crippen LogP contribution is 2.44. The molecule has 2 aliphatic rings. The Hall–Kier alpha value is -1.60. The van der Waals surface area contributed by atoms with Crippen LogP contribution in [0.5, 0.6) is 0 Å². The van der Waals surface area contributed by atoms with E-state index in [1.54, 1.807) is 11.1 Å². The van der Waals surface area contributed by atoms with Crippen LogP contribution in [0.25, 0.3) is 11.1 Å². The summed E-state index contributed by atoms with van der Waals surface area (Å²) in [6.07, 6.45) is 2.38. The molecule has 1 aliphatic heterocycles. The van der Waals surface area contributed by atoms with Crippen LogP contribution in [0.2, 0.25) is 0 Å². The van der Waals surface area contributed by atoms with Crippen LogP contribution in [-0.4, -0.2) is 18.0 Å². The molecule has 1 unspecified atom stereocenters. The first-order chi connectivity index (χ1) is 9.38. The van der Waals surface area contributed by atoms with E-state index >= 15 is 0 Å². The van der Waals surface area contributed by atoms with Crippen molar-refractivity contribution in [2.75, 3.05) is 13.1 Å². The van der Waals surface area contributed by atoms with Gasteiger partial charge in [-0.1, -0.05) is 49.4 Å². The number of likely N-dealkylation sites (N-methyl/N-ethyl adjacent to an activating group) is 1. The maximum Gasteiger partial charge on any atom is 0.0397 e. The Morgan fingerprint density at radius 2 is 1.79 bits per heavy atom. The molecule has 0 aromatic heterocycles. The fourth-order valence-electron chi connectivity index (χ4n) is 3.84. The van der Waals surface area contributed by atoms with Crippen LogP contribution >= 0.6 is 0 Å². The van der Waals surface area contributed by atoms with Gasteiger partial charge in [0.15, 0.2) is 0 Å². The Morgan fingerprint density at radius 1 is 1.00 bits per heavy atom. The Kier molecular flexibility index (Phi) is 2.49. The van der Waals surface area contributed by atoms with Crippen molar-refractivity contribution in [2.24, 2.45) is 0 Å². The Morgan fingerprint density at radius 3 is 2.68 bits per heavy atom. The van der Waals surface area contributed by atoms with Gasteiger partial charge in [-0.05, 0) is 47.2 Å². The van der Waals surface area contributed by atoms with Crippen molar-refractivity contribution >= 4 is 0 Å². The van der Waals surface area contributed by atoms with E-state index in [4.69, 9.17) is 0 Å². The van der Waals surface area contributed by atoms with Gasteiger partial charge in [-0.15, -0.1) is 0 Å². The first kappa shape index (κ1) is 11.2. The van der Waals surface area contributed by atoms with Crippen molar-refractivity contribution in [3.8, 4) is 11.1 Å². The molecule has 0 radical (unpaired) electrons. The molecule has 0 fully saturated rings. The highest BCUT2D eigenvalue weighted by atomic mass is 15.2. The molecular formula is C18H19N. The molecule has 1 heterocycles. The van der Waals surface area contributed by atoms with E-state index < -0.39 is 0 Å². The van der Waals surface area contributed by atoms with Gasteiger partial charge < -0.3 is 0 Å². The lowest BCUT2D eigenvalue weighted by molar-refractivity contribution is 0.193. The van der Waals surface area contributed by atoms with Crippen LogP contribution < -0.4 is 0 Å². The van der Waals surface area contributed by atoms with Crippen molar-refractivity contribution in [1.29, 1.82) is 0 Å². The molecule has 1 heteroatoms. The minimum Gasteiger partial charge on any atom is -0.296 e. The molecule has 1 atom stereocenters. The Balaban J connectivity index is 1.98. The number of hydrogen-bond donors (Lipinski definition) is 0. The summed E-state index contributed by atoms with van der Waals surface area (Å²) in [5.41, 5.74) is 7.62. The zero-order chi connectivity index (χ0) is 12.8. The summed E-state index contributed by atoms with van der Waals surface area (Å²) >= 11 is 0. The maximum absolute atomic E-state index is 2.64. The van der Waals surface area contributed by atoms with Crippen LogP contribution in [0.3, 0.4) is 0 Å². The van der Waals surface area contributed by atoms with Gasteiger partial charge in [0.2, 0.25) is 0 Å². The summed E-state index contributed by atoms with van der Waals surface area (Å²) < 4.78 is 0. The van der Waals surface area contributed by atoms with Gasteiger partial charge in [-0.3, -0.25) is 4.90 Å². The number of fused-ring (bicyclic) bond motifs is 2. The lowest BCUT2D eigenvalue weighted by Gasteiger charge is -2.41. The number of nitrogens with zero attached hydrogens (tertiary/aromatic N) is 1. The van der Waals surface area contributed by atoms with E-state index in [2.05, 4.69) is 54.3 Å². The largest absolute Gasteiger partial charge is 0.296 e. The van der Waals surface area contributed by atoms with Crippen LogP contribution in [-0.2, 0) is 12.8 Å². The van der Waals surface area contributed by atoms with Crippen LogP contribution in [0.15, 0.2) is 42.5 Å². The van der Waals surface area contributed by atoms with E-state index in [1.165, 1.54) is 36.1 Å². The van der Waals surface area contributed by atoms with Crippen LogP contribution in [0.4, 0.5) is 0 Å². The zero-order valence-electron chi connectivity index (χ0n) is 11.4. The molecule has 0 saturated carbocycles. The molecule has 0 N–H and O–H groups in total. The highest BCUT2D eigenvalue weighted by Gasteiger charge is 2.32. The molecule has 1 aliphatic carbocycles. The standard InChI is InChI=1S/C18H19N/c1-2-19-11-10-13-7-5-9-16-15-8-4-3-6-14(15)12-17(19)18(13)16/h3-9,17H,2,10-12H2,1H3. The third kappa shape index (κ3) is 1.58. The SMILES string of the molecule is CCN1CCc2cccc3c2C1Cc1ccccc1-3. The summed E-state index contributed by atoms with van der Waals surface area (Å²) in [4.78, 5) is 2.64. The predicted octanol–water partition coefficient (Wildman–Crippen LogP) is 3.83. The average Bonchev–Trinajstić information content (AvgIpc) is 2.48.